The Labute approximate surface area is 109 Å². The second-order valence-corrected chi connectivity index (χ2v) is 3.52. The van der Waals surface area contributed by atoms with Crippen LogP contribution in [0, 0.1) is 0 Å². The summed E-state index contributed by atoms with van der Waals surface area (Å²) in [5.74, 6) is -0.107. The van der Waals surface area contributed by atoms with Gasteiger partial charge in [0, 0.05) is 6.07 Å². The van der Waals surface area contributed by atoms with E-state index in [2.05, 4.69) is 0 Å². The van der Waals surface area contributed by atoms with Crippen LogP contribution in [0.4, 0.5) is 0 Å². The van der Waals surface area contributed by atoms with Crippen molar-refractivity contribution >= 4 is 5.97 Å². The van der Waals surface area contributed by atoms with Crippen molar-refractivity contribution < 1.29 is 28.5 Å². The quantitative estimate of drug-likeness (QED) is 0.894. The summed E-state index contributed by atoms with van der Waals surface area (Å²) < 4.78 is 20.8. The molecule has 0 saturated carbocycles. The standard InChI is InChI=1S/C13H12O6/c1-16-8-4-3-5-9(17-2)12(8)19-11-7-6-10(18-11)13(14)15/h3-7H,1-2H3,(H,14,15). The number of carbonyl (C=O) groups is 1. The van der Waals surface area contributed by atoms with Crippen molar-refractivity contribution in [1.29, 1.82) is 0 Å². The Kier molecular flexibility index (Phi) is 3.61. The maximum atomic E-state index is 10.7. The summed E-state index contributed by atoms with van der Waals surface area (Å²) >= 11 is 0. The van der Waals surface area contributed by atoms with Gasteiger partial charge in [0.2, 0.25) is 11.5 Å². The molecule has 19 heavy (non-hydrogen) atoms. The van der Waals surface area contributed by atoms with E-state index in [-0.39, 0.29) is 11.7 Å². The average Bonchev–Trinajstić information content (AvgIpc) is 2.87. The fraction of sp³-hybridized carbons (Fsp3) is 0.154. The molecule has 0 amide bonds. The number of hydrogen-bond donors (Lipinski definition) is 1. The van der Waals surface area contributed by atoms with E-state index in [1.807, 2.05) is 0 Å². The van der Waals surface area contributed by atoms with E-state index < -0.39 is 5.97 Å². The zero-order chi connectivity index (χ0) is 13.8. The Morgan fingerprint density at radius 2 is 1.74 bits per heavy atom. The number of hydrogen-bond acceptors (Lipinski definition) is 5. The van der Waals surface area contributed by atoms with Crippen LogP contribution in [0.5, 0.6) is 23.2 Å². The molecule has 0 fully saturated rings. The minimum absolute atomic E-state index is 0.0419. The number of para-hydroxylation sites is 1. The first-order valence-corrected chi connectivity index (χ1v) is 5.37. The Balaban J connectivity index is 2.33. The van der Waals surface area contributed by atoms with Crippen LogP contribution in [0.1, 0.15) is 10.6 Å². The zero-order valence-corrected chi connectivity index (χ0v) is 10.4. The monoisotopic (exact) mass is 264 g/mol. The molecule has 0 unspecified atom stereocenters. The molecule has 1 N–H and O–H groups in total. The number of rotatable bonds is 5. The maximum Gasteiger partial charge on any atom is 0.371 e. The molecule has 0 aliphatic carbocycles. The van der Waals surface area contributed by atoms with E-state index in [9.17, 15) is 4.79 Å². The van der Waals surface area contributed by atoms with Crippen LogP contribution in [0.3, 0.4) is 0 Å². The lowest BCUT2D eigenvalue weighted by atomic mass is 10.3. The summed E-state index contributed by atoms with van der Waals surface area (Å²) in [7, 11) is 2.99. The summed E-state index contributed by atoms with van der Waals surface area (Å²) in [5, 5.41) is 8.77. The third kappa shape index (κ3) is 2.62. The first-order chi connectivity index (χ1) is 9.15. The van der Waals surface area contributed by atoms with Crippen LogP contribution < -0.4 is 14.2 Å². The van der Waals surface area contributed by atoms with Crippen LogP contribution in [-0.2, 0) is 0 Å². The first-order valence-electron chi connectivity index (χ1n) is 5.37. The topological polar surface area (TPSA) is 78.1 Å². The van der Waals surface area contributed by atoms with Gasteiger partial charge in [-0.15, -0.1) is 0 Å². The molecule has 0 radical (unpaired) electrons. The van der Waals surface area contributed by atoms with Gasteiger partial charge in [0.1, 0.15) is 0 Å². The average molecular weight is 264 g/mol. The molecule has 1 heterocycles. The molecule has 0 spiro atoms. The molecule has 2 rings (SSSR count). The van der Waals surface area contributed by atoms with Gasteiger partial charge >= 0.3 is 5.97 Å². The van der Waals surface area contributed by atoms with E-state index in [1.165, 1.54) is 26.4 Å². The summed E-state index contributed by atoms with van der Waals surface area (Å²) in [6.07, 6.45) is 0. The van der Waals surface area contributed by atoms with Crippen molar-refractivity contribution in [2.75, 3.05) is 14.2 Å². The molecule has 1 aromatic carbocycles. The number of furan rings is 1. The Bertz CT molecular complexity index is 564. The predicted octanol–water partition coefficient (Wildman–Crippen LogP) is 2.79. The van der Waals surface area contributed by atoms with Gasteiger partial charge in [0.05, 0.1) is 14.2 Å². The number of carboxylic acids is 1. The van der Waals surface area contributed by atoms with Crippen molar-refractivity contribution in [3.05, 3.63) is 36.1 Å². The molecular formula is C13H12O6. The maximum absolute atomic E-state index is 10.7. The van der Waals surface area contributed by atoms with Crippen LogP contribution in [0.2, 0.25) is 0 Å². The third-order valence-corrected chi connectivity index (χ3v) is 2.38. The highest BCUT2D eigenvalue weighted by Crippen LogP contribution is 2.40. The highest BCUT2D eigenvalue weighted by molar-refractivity contribution is 5.84. The smallest absolute Gasteiger partial charge is 0.371 e. The number of benzene rings is 1. The molecule has 0 saturated heterocycles. The third-order valence-electron chi connectivity index (χ3n) is 2.38. The van der Waals surface area contributed by atoms with Crippen LogP contribution in [0.25, 0.3) is 0 Å². The summed E-state index contributed by atoms with van der Waals surface area (Å²) in [6.45, 7) is 0. The van der Waals surface area contributed by atoms with E-state index in [1.54, 1.807) is 18.2 Å². The predicted molar refractivity (Wildman–Crippen MR) is 65.3 cm³/mol. The molecule has 0 atom stereocenters. The molecule has 6 nitrogen and oxygen atoms in total. The molecular weight excluding hydrogens is 252 g/mol. The molecule has 0 aliphatic rings. The van der Waals surface area contributed by atoms with E-state index in [0.29, 0.717) is 17.2 Å². The highest BCUT2D eigenvalue weighted by Gasteiger charge is 2.16. The van der Waals surface area contributed by atoms with E-state index >= 15 is 0 Å². The lowest BCUT2D eigenvalue weighted by Gasteiger charge is -2.11. The largest absolute Gasteiger partial charge is 0.493 e. The Morgan fingerprint density at radius 3 is 2.21 bits per heavy atom. The van der Waals surface area contributed by atoms with Crippen LogP contribution in [0.15, 0.2) is 34.7 Å². The minimum atomic E-state index is -1.16. The van der Waals surface area contributed by atoms with Crippen molar-refractivity contribution in [2.45, 2.75) is 0 Å². The molecule has 0 bridgehead atoms. The van der Waals surface area contributed by atoms with Gasteiger partial charge in [-0.3, -0.25) is 0 Å². The molecule has 100 valence electrons. The highest BCUT2D eigenvalue weighted by atomic mass is 16.6. The van der Waals surface area contributed by atoms with E-state index in [0.717, 1.165) is 0 Å². The second kappa shape index (κ2) is 5.34. The van der Waals surface area contributed by atoms with Crippen LogP contribution in [-0.4, -0.2) is 25.3 Å². The van der Waals surface area contributed by atoms with Gasteiger partial charge in [-0.2, -0.15) is 0 Å². The molecule has 6 heteroatoms. The Morgan fingerprint density at radius 1 is 1.11 bits per heavy atom. The van der Waals surface area contributed by atoms with Crippen molar-refractivity contribution in [3.63, 3.8) is 0 Å². The second-order valence-electron chi connectivity index (χ2n) is 3.52. The Hall–Kier alpha value is -2.63. The lowest BCUT2D eigenvalue weighted by Crippen LogP contribution is -1.94. The number of ether oxygens (including phenoxy) is 3. The fourth-order valence-electron chi connectivity index (χ4n) is 1.51. The lowest BCUT2D eigenvalue weighted by molar-refractivity contribution is 0.0657. The molecule has 2 aromatic rings. The number of carboxylic acid groups (broad SMARTS) is 1. The van der Waals surface area contributed by atoms with E-state index in [4.69, 9.17) is 23.7 Å². The van der Waals surface area contributed by atoms with Gasteiger partial charge in [-0.05, 0) is 18.2 Å². The zero-order valence-electron chi connectivity index (χ0n) is 10.4. The number of aromatic carboxylic acids is 1. The van der Waals surface area contributed by atoms with Gasteiger partial charge < -0.3 is 23.7 Å². The summed E-state index contributed by atoms with van der Waals surface area (Å²) in [4.78, 5) is 10.7. The van der Waals surface area contributed by atoms with Gasteiger partial charge in [-0.25, -0.2) is 4.79 Å². The summed E-state index contributed by atoms with van der Waals surface area (Å²) in [6, 6.07) is 7.85. The van der Waals surface area contributed by atoms with Gasteiger partial charge in [-0.1, -0.05) is 6.07 Å². The summed E-state index contributed by atoms with van der Waals surface area (Å²) in [5.41, 5.74) is 0. The van der Waals surface area contributed by atoms with Crippen molar-refractivity contribution in [1.82, 2.24) is 0 Å². The van der Waals surface area contributed by atoms with Crippen molar-refractivity contribution in [2.24, 2.45) is 0 Å². The van der Waals surface area contributed by atoms with Crippen molar-refractivity contribution in [3.8, 4) is 23.2 Å². The van der Waals surface area contributed by atoms with Gasteiger partial charge in [0.15, 0.2) is 11.5 Å². The normalized spacial score (nSPS) is 10.0. The first kappa shape index (κ1) is 12.8. The minimum Gasteiger partial charge on any atom is -0.493 e. The fourth-order valence-corrected chi connectivity index (χ4v) is 1.51. The SMILES string of the molecule is COc1cccc(OC)c1Oc1ccc(C(=O)O)o1. The van der Waals surface area contributed by atoms with Crippen LogP contribution >= 0.6 is 0 Å². The van der Waals surface area contributed by atoms with Gasteiger partial charge in [0.25, 0.3) is 5.95 Å². The molecule has 0 aliphatic heterocycles. The number of methoxy groups -OCH3 is 2. The molecule has 1 aromatic heterocycles.